The van der Waals surface area contributed by atoms with E-state index in [9.17, 15) is 19.5 Å². The molecule has 2 aromatic heterocycles. The van der Waals surface area contributed by atoms with E-state index in [0.29, 0.717) is 18.6 Å². The normalized spacial score (nSPS) is 36.9. The first-order valence-corrected chi connectivity index (χ1v) is 20.9. The molecule has 3 fully saturated rings. The number of fused-ring (bicyclic) bond motifs is 1. The lowest BCUT2D eigenvalue weighted by Crippen LogP contribution is -2.60. The van der Waals surface area contributed by atoms with Gasteiger partial charge in [0.25, 0.3) is 0 Å². The van der Waals surface area contributed by atoms with E-state index in [-0.39, 0.29) is 25.2 Å². The van der Waals surface area contributed by atoms with Gasteiger partial charge in [-0.2, -0.15) is 0 Å². The van der Waals surface area contributed by atoms with Crippen LogP contribution < -0.4 is 5.32 Å². The molecule has 15 heteroatoms. The Morgan fingerprint density at radius 2 is 1.83 bits per heavy atom. The minimum atomic E-state index is -1.32. The van der Waals surface area contributed by atoms with Crippen molar-refractivity contribution in [2.24, 2.45) is 28.8 Å². The predicted octanol–water partition coefficient (Wildman–Crippen LogP) is 5.46. The number of ketones is 1. The molecule has 2 N–H and O–H groups in total. The molecular weight excluding hydrogens is 765 g/mol. The van der Waals surface area contributed by atoms with Gasteiger partial charge in [0.2, 0.25) is 0 Å². The van der Waals surface area contributed by atoms with Gasteiger partial charge in [0.05, 0.1) is 45.0 Å². The molecule has 14 nitrogen and oxygen atoms in total. The SMILES string of the molecule is CC[C@H]1OC(=O)[C@H](C)C(=O)[C@H](C)[C@@H](OC2O[C@H](C)C[C@H](N(C)C)[C@H]2O)[C@@](C)(OCC#Cc2ccc(-c3ccccn3)s2)C[C@@H](C)/C(=N\OC)[C@H](C)[C@H]2NC(=O)O[C@@]21C. The van der Waals surface area contributed by atoms with Crippen molar-refractivity contribution in [2.75, 3.05) is 27.8 Å². The molecule has 2 aromatic rings. The molecule has 3 aliphatic heterocycles. The first-order chi connectivity index (χ1) is 27.4. The number of rotatable bonds is 8. The van der Waals surface area contributed by atoms with Gasteiger partial charge in [-0.05, 0) is 85.3 Å². The molecule has 318 valence electrons. The van der Waals surface area contributed by atoms with Crippen LogP contribution in [0.25, 0.3) is 10.6 Å². The van der Waals surface area contributed by atoms with Gasteiger partial charge in [-0.3, -0.25) is 14.6 Å². The molecule has 13 atom stereocenters. The van der Waals surface area contributed by atoms with Gasteiger partial charge in [-0.1, -0.05) is 50.8 Å². The number of hydrogen-bond donors (Lipinski definition) is 2. The molecular formula is C43H60N4O10S. The van der Waals surface area contributed by atoms with E-state index in [4.69, 9.17) is 28.5 Å². The molecule has 58 heavy (non-hydrogen) atoms. The van der Waals surface area contributed by atoms with Gasteiger partial charge in [-0.15, -0.1) is 11.3 Å². The number of aromatic nitrogens is 1. The van der Waals surface area contributed by atoms with Gasteiger partial charge >= 0.3 is 12.1 Å². The number of aliphatic hydroxyl groups excluding tert-OH is 1. The van der Waals surface area contributed by atoms with E-state index in [1.807, 2.05) is 83.9 Å². The van der Waals surface area contributed by atoms with Crippen molar-refractivity contribution >= 4 is 34.9 Å². The number of ether oxygens (including phenoxy) is 5. The fraction of sp³-hybridized carbons (Fsp3) is 0.651. The molecule has 0 spiro atoms. The van der Waals surface area contributed by atoms with E-state index in [1.54, 1.807) is 20.0 Å². The van der Waals surface area contributed by atoms with Gasteiger partial charge in [0, 0.05) is 30.0 Å². The predicted molar refractivity (Wildman–Crippen MR) is 219 cm³/mol. The lowest BCUT2D eigenvalue weighted by molar-refractivity contribution is -0.296. The number of thiophene rings is 1. The summed E-state index contributed by atoms with van der Waals surface area (Å²) in [7, 11) is 5.22. The van der Waals surface area contributed by atoms with E-state index < -0.39 is 83.4 Å². The maximum Gasteiger partial charge on any atom is 0.408 e. The van der Waals surface area contributed by atoms with Crippen molar-refractivity contribution < 1.29 is 48.0 Å². The summed E-state index contributed by atoms with van der Waals surface area (Å²) < 4.78 is 31.8. The van der Waals surface area contributed by atoms with Crippen molar-refractivity contribution in [1.82, 2.24) is 15.2 Å². The second-order valence-corrected chi connectivity index (χ2v) is 17.5. The summed E-state index contributed by atoms with van der Waals surface area (Å²) in [4.78, 5) is 55.0. The van der Waals surface area contributed by atoms with E-state index >= 15 is 0 Å². The fourth-order valence-electron chi connectivity index (χ4n) is 8.79. The highest BCUT2D eigenvalue weighted by Gasteiger charge is 2.57. The average molecular weight is 825 g/mol. The minimum Gasteiger partial charge on any atom is -0.458 e. The number of nitrogens with zero attached hydrogens (tertiary/aromatic N) is 3. The highest BCUT2D eigenvalue weighted by atomic mass is 32.1. The summed E-state index contributed by atoms with van der Waals surface area (Å²) >= 11 is 1.51. The number of carbonyl (C=O) groups excluding carboxylic acids is 3. The van der Waals surface area contributed by atoms with Crippen LogP contribution in [0.5, 0.6) is 0 Å². The number of amides is 1. The third-order valence-electron chi connectivity index (χ3n) is 11.9. The minimum absolute atomic E-state index is 0.0573. The Morgan fingerprint density at radius 3 is 2.48 bits per heavy atom. The van der Waals surface area contributed by atoms with Gasteiger partial charge < -0.3 is 43.8 Å². The maximum absolute atomic E-state index is 14.6. The van der Waals surface area contributed by atoms with Crippen molar-refractivity contribution in [3.05, 3.63) is 41.4 Å². The average Bonchev–Trinajstić information content (AvgIpc) is 3.80. The van der Waals surface area contributed by atoms with Gasteiger partial charge in [-0.25, -0.2) is 4.79 Å². The lowest BCUT2D eigenvalue weighted by atomic mass is 9.73. The van der Waals surface area contributed by atoms with E-state index in [0.717, 1.165) is 15.4 Å². The summed E-state index contributed by atoms with van der Waals surface area (Å²) in [6, 6.07) is 8.66. The highest BCUT2D eigenvalue weighted by Crippen LogP contribution is 2.41. The molecule has 0 aromatic carbocycles. The Balaban J connectivity index is 1.59. The second-order valence-electron chi connectivity index (χ2n) is 16.4. The fourth-order valence-corrected chi connectivity index (χ4v) is 9.65. The number of cyclic esters (lactones) is 1. The van der Waals surface area contributed by atoms with Crippen LogP contribution in [-0.4, -0.2) is 120 Å². The summed E-state index contributed by atoms with van der Waals surface area (Å²) in [5.74, 6) is 2.04. The number of nitrogens with one attached hydrogen (secondary N) is 1. The molecule has 3 saturated heterocycles. The number of hydrogen-bond acceptors (Lipinski definition) is 14. The van der Waals surface area contributed by atoms with Crippen molar-refractivity contribution in [3.8, 4) is 22.4 Å². The monoisotopic (exact) mass is 824 g/mol. The summed E-state index contributed by atoms with van der Waals surface area (Å²) in [5.41, 5.74) is -1.20. The quantitative estimate of drug-likeness (QED) is 0.150. The van der Waals surface area contributed by atoms with E-state index in [1.165, 1.54) is 25.4 Å². The number of alkyl carbamates (subject to hydrolysis) is 1. The van der Waals surface area contributed by atoms with Crippen LogP contribution in [0.3, 0.4) is 0 Å². The Kier molecular flexibility index (Phi) is 14.8. The summed E-state index contributed by atoms with van der Waals surface area (Å²) in [5, 5.41) is 19.1. The number of carbonyl (C=O) groups is 3. The Morgan fingerprint density at radius 1 is 1.09 bits per heavy atom. The van der Waals surface area contributed by atoms with Crippen molar-refractivity contribution in [1.29, 1.82) is 0 Å². The molecule has 5 rings (SSSR count). The Hall–Kier alpha value is -3.91. The van der Waals surface area contributed by atoms with Crippen molar-refractivity contribution in [2.45, 2.75) is 129 Å². The first-order valence-electron chi connectivity index (χ1n) is 20.1. The van der Waals surface area contributed by atoms with E-state index in [2.05, 4.69) is 27.3 Å². The maximum atomic E-state index is 14.6. The van der Waals surface area contributed by atoms with Gasteiger partial charge in [0.15, 0.2) is 17.7 Å². The molecule has 0 aliphatic carbocycles. The second kappa shape index (κ2) is 19.0. The number of Topliss-reactive ketones (excluding diaryl/α,β-unsaturated/α-hetero) is 1. The zero-order valence-corrected chi connectivity index (χ0v) is 36.3. The third-order valence-corrected chi connectivity index (χ3v) is 12.9. The Labute approximate surface area is 346 Å². The van der Waals surface area contributed by atoms with Crippen LogP contribution in [0.2, 0.25) is 0 Å². The summed E-state index contributed by atoms with van der Waals surface area (Å²) in [6.07, 6.45) is -2.28. The van der Waals surface area contributed by atoms with Crippen LogP contribution >= 0.6 is 11.3 Å². The zero-order chi connectivity index (χ0) is 42.5. The number of oxime groups is 1. The van der Waals surface area contributed by atoms with Crippen LogP contribution in [-0.2, 0) is 38.1 Å². The molecule has 0 bridgehead atoms. The number of esters is 1. The van der Waals surface area contributed by atoms with Crippen LogP contribution in [0.4, 0.5) is 4.79 Å². The largest absolute Gasteiger partial charge is 0.458 e. The molecule has 1 unspecified atom stereocenters. The molecule has 3 aliphatic rings. The Bertz CT molecular complexity index is 1850. The lowest BCUT2D eigenvalue weighted by Gasteiger charge is -2.47. The zero-order valence-electron chi connectivity index (χ0n) is 35.5. The van der Waals surface area contributed by atoms with Crippen LogP contribution in [0.15, 0.2) is 41.7 Å². The number of aliphatic hydroxyl groups is 1. The van der Waals surface area contributed by atoms with Crippen molar-refractivity contribution in [3.63, 3.8) is 0 Å². The topological polar surface area (TPSA) is 167 Å². The van der Waals surface area contributed by atoms with Gasteiger partial charge in [0.1, 0.15) is 31.8 Å². The third kappa shape index (κ3) is 9.75. The van der Waals surface area contributed by atoms with Crippen LogP contribution in [0, 0.1) is 35.5 Å². The van der Waals surface area contributed by atoms with Crippen LogP contribution in [0.1, 0.15) is 79.5 Å². The molecule has 0 saturated carbocycles. The standard InChI is InChI=1S/C43H60N4O10S/c1-12-33-43(8)37(45-41(51)57-43)26(4)34(46-52-11)24(2)23-42(7,53-21-15-16-29-18-19-32(58-29)30-17-13-14-20-44-30)38(27(5)35(48)28(6)39(50)55-33)56-40-36(49)31(47(9)10)22-25(3)54-40/h13-14,17-20,24-28,31,33,36-38,40,49H,12,21-23H2,1-11H3,(H,45,51)/b46-34+/t24-,25-,26+,27+,28-,31+,33-,36-,37-,38-,40?,42+,43-/m1/s1. The number of pyridine rings is 1. The smallest absolute Gasteiger partial charge is 0.408 e. The molecule has 0 radical (unpaired) electrons. The molecule has 5 heterocycles. The number of likely N-dealkylation sites (N-methyl/N-ethyl adjacent to an activating group) is 1. The first kappa shape index (κ1) is 45.2. The molecule has 1 amide bonds. The highest BCUT2D eigenvalue weighted by molar-refractivity contribution is 7.16. The summed E-state index contributed by atoms with van der Waals surface area (Å²) in [6.45, 7) is 14.3.